The number of rotatable bonds is 2. The summed E-state index contributed by atoms with van der Waals surface area (Å²) in [5.41, 5.74) is 5.12. The summed E-state index contributed by atoms with van der Waals surface area (Å²) >= 11 is 1.46. The number of aryl methyl sites for hydroxylation is 1. The van der Waals surface area contributed by atoms with Crippen molar-refractivity contribution in [3.8, 4) is 39.5 Å². The Labute approximate surface area is 261 Å². The molecule has 2 aliphatic heterocycles. The van der Waals surface area contributed by atoms with Gasteiger partial charge in [0.15, 0.2) is 0 Å². The third kappa shape index (κ3) is 4.52. The van der Waals surface area contributed by atoms with E-state index in [1.165, 1.54) is 23.5 Å². The van der Waals surface area contributed by atoms with Crippen LogP contribution in [0, 0.1) is 11.6 Å². The molecule has 4 aromatic heterocycles. The van der Waals surface area contributed by atoms with Gasteiger partial charge in [-0.05, 0) is 55.0 Å². The van der Waals surface area contributed by atoms with E-state index >= 15 is 4.39 Å². The molecule has 6 heterocycles. The van der Waals surface area contributed by atoms with Gasteiger partial charge in [0.05, 0.1) is 47.9 Å². The van der Waals surface area contributed by atoms with Crippen LogP contribution >= 0.6 is 11.3 Å². The van der Waals surface area contributed by atoms with Crippen molar-refractivity contribution in [1.29, 1.82) is 0 Å². The first kappa shape index (κ1) is 27.6. The van der Waals surface area contributed by atoms with Gasteiger partial charge in [-0.15, -0.1) is 11.3 Å². The molecule has 8 nitrogen and oxygen atoms in total. The van der Waals surface area contributed by atoms with Crippen molar-refractivity contribution < 1.29 is 18.3 Å². The predicted octanol–water partition coefficient (Wildman–Crippen LogP) is 7.29. The fourth-order valence-electron chi connectivity index (χ4n) is 6.63. The van der Waals surface area contributed by atoms with E-state index in [2.05, 4.69) is 11.7 Å². The Morgan fingerprint density at radius 1 is 1.11 bits per heavy atom. The quantitative estimate of drug-likeness (QED) is 0.190. The lowest BCUT2D eigenvalue weighted by atomic mass is 9.96. The number of halogens is 2. The first-order valence-corrected chi connectivity index (χ1v) is 15.7. The standard InChI is InChI=1S/C34H28F2N6O2S/c1-3-29(43)41-17-22-6-4-5-10-44-28-14-21(35)13-25(36)30(28)31-33(26-15-23(18-41)42(22)39-26)38-32(24-9-11-45-34(24)31)19-7-8-27-20(12-19)16-37-40(27)2/h3,7-9,11-16,22H,1,4-6,10,17-18H2,2H3/t22-/m0/s1. The lowest BCUT2D eigenvalue weighted by molar-refractivity contribution is -0.128. The molecule has 0 N–H and O–H groups in total. The number of benzene rings is 2. The van der Waals surface area contributed by atoms with Gasteiger partial charge < -0.3 is 9.64 Å². The Morgan fingerprint density at radius 3 is 2.87 bits per heavy atom. The summed E-state index contributed by atoms with van der Waals surface area (Å²) in [7, 11) is 1.90. The number of carbonyl (C=O) groups excluding carboxylic acids is 1. The van der Waals surface area contributed by atoms with Crippen LogP contribution in [-0.2, 0) is 18.4 Å². The molecule has 6 aromatic rings. The van der Waals surface area contributed by atoms with Crippen LogP contribution in [0.25, 0.3) is 54.8 Å². The smallest absolute Gasteiger partial charge is 0.246 e. The first-order valence-electron chi connectivity index (χ1n) is 14.9. The summed E-state index contributed by atoms with van der Waals surface area (Å²) in [6, 6.07) is 12.1. The van der Waals surface area contributed by atoms with Gasteiger partial charge in [-0.25, -0.2) is 13.8 Å². The molecule has 226 valence electrons. The maximum absolute atomic E-state index is 16.0. The van der Waals surface area contributed by atoms with Gasteiger partial charge in [-0.3, -0.25) is 14.2 Å². The summed E-state index contributed by atoms with van der Waals surface area (Å²) in [5, 5.41) is 13.2. The lowest BCUT2D eigenvalue weighted by Gasteiger charge is -2.33. The molecule has 8 rings (SSSR count). The summed E-state index contributed by atoms with van der Waals surface area (Å²) in [6.07, 6.45) is 5.36. The van der Waals surface area contributed by atoms with Crippen LogP contribution in [0.3, 0.4) is 0 Å². The fourth-order valence-corrected chi connectivity index (χ4v) is 7.58. The lowest BCUT2D eigenvalue weighted by Crippen LogP contribution is -2.40. The average molecular weight is 623 g/mol. The molecule has 0 spiro atoms. The third-order valence-corrected chi connectivity index (χ3v) is 9.69. The fraction of sp³-hybridized carbons (Fsp3) is 0.235. The monoisotopic (exact) mass is 622 g/mol. The van der Waals surface area contributed by atoms with Crippen molar-refractivity contribution in [3.63, 3.8) is 0 Å². The number of hydrogen-bond acceptors (Lipinski definition) is 6. The maximum Gasteiger partial charge on any atom is 0.246 e. The first-order chi connectivity index (χ1) is 21.9. The van der Waals surface area contributed by atoms with Gasteiger partial charge in [0.25, 0.3) is 0 Å². The second kappa shape index (κ2) is 10.6. The SMILES string of the molecule is C=CC(=O)N1Cc2cc3nn2[C@@H](CCCCOc2cc(F)cc(F)c2-c2c-3nc(-c3ccc4c(cnn4C)c3)c3ccsc23)C1. The zero-order valence-electron chi connectivity index (χ0n) is 24.5. The highest BCUT2D eigenvalue weighted by atomic mass is 32.1. The van der Waals surface area contributed by atoms with Crippen molar-refractivity contribution in [2.24, 2.45) is 7.05 Å². The molecule has 2 bridgehead atoms. The normalized spacial score (nSPS) is 16.3. The second-order valence-electron chi connectivity index (χ2n) is 11.5. The van der Waals surface area contributed by atoms with Gasteiger partial charge >= 0.3 is 0 Å². The van der Waals surface area contributed by atoms with Crippen molar-refractivity contribution >= 4 is 38.2 Å². The number of amides is 1. The van der Waals surface area contributed by atoms with E-state index in [9.17, 15) is 9.18 Å². The highest BCUT2D eigenvalue weighted by Crippen LogP contribution is 2.47. The minimum absolute atomic E-state index is 0.0647. The third-order valence-electron chi connectivity index (χ3n) is 8.76. The van der Waals surface area contributed by atoms with Crippen molar-refractivity contribution in [2.45, 2.75) is 31.8 Å². The van der Waals surface area contributed by atoms with Crippen LogP contribution < -0.4 is 4.74 Å². The molecule has 45 heavy (non-hydrogen) atoms. The summed E-state index contributed by atoms with van der Waals surface area (Å²) < 4.78 is 41.4. The van der Waals surface area contributed by atoms with E-state index in [1.807, 2.05) is 58.3 Å². The maximum atomic E-state index is 16.0. The van der Waals surface area contributed by atoms with Crippen LogP contribution in [0.5, 0.6) is 5.75 Å². The van der Waals surface area contributed by atoms with E-state index < -0.39 is 11.6 Å². The number of hydrogen-bond donors (Lipinski definition) is 0. The molecule has 11 heteroatoms. The van der Waals surface area contributed by atoms with E-state index in [0.29, 0.717) is 36.5 Å². The van der Waals surface area contributed by atoms with E-state index in [1.54, 1.807) is 4.90 Å². The molecular weight excluding hydrogens is 594 g/mol. The Balaban J connectivity index is 1.43. The Bertz CT molecular complexity index is 2170. The molecule has 0 radical (unpaired) electrons. The zero-order chi connectivity index (χ0) is 30.8. The predicted molar refractivity (Wildman–Crippen MR) is 170 cm³/mol. The van der Waals surface area contributed by atoms with Crippen molar-refractivity contribution in [2.75, 3.05) is 13.2 Å². The molecule has 0 saturated carbocycles. The van der Waals surface area contributed by atoms with Crippen LogP contribution in [0.2, 0.25) is 0 Å². The molecule has 2 aromatic carbocycles. The summed E-state index contributed by atoms with van der Waals surface area (Å²) in [5.74, 6) is -1.43. The average Bonchev–Trinajstić information content (AvgIpc) is 3.78. The number of thiophene rings is 1. The Kier molecular flexibility index (Phi) is 6.52. The van der Waals surface area contributed by atoms with Gasteiger partial charge in [0.2, 0.25) is 5.91 Å². The van der Waals surface area contributed by atoms with Crippen molar-refractivity contribution in [1.82, 2.24) is 29.4 Å². The van der Waals surface area contributed by atoms with Gasteiger partial charge in [-0.2, -0.15) is 10.2 Å². The Hall–Kier alpha value is -4.90. The van der Waals surface area contributed by atoms with E-state index in [0.717, 1.165) is 56.8 Å². The van der Waals surface area contributed by atoms with E-state index in [-0.39, 0.29) is 29.9 Å². The van der Waals surface area contributed by atoms with Gasteiger partial charge in [-0.1, -0.05) is 12.6 Å². The minimum atomic E-state index is -0.730. The molecule has 0 aliphatic carbocycles. The van der Waals surface area contributed by atoms with Crippen LogP contribution in [0.4, 0.5) is 8.78 Å². The molecule has 1 amide bonds. The molecule has 0 saturated heterocycles. The van der Waals surface area contributed by atoms with Gasteiger partial charge in [0.1, 0.15) is 28.8 Å². The molecule has 1 atom stereocenters. The largest absolute Gasteiger partial charge is 0.493 e. The molecule has 0 unspecified atom stereocenters. The topological polar surface area (TPSA) is 78.1 Å². The zero-order valence-corrected chi connectivity index (χ0v) is 25.3. The number of fused-ring (bicyclic) bond motifs is 8. The summed E-state index contributed by atoms with van der Waals surface area (Å²) in [4.78, 5) is 19.7. The van der Waals surface area contributed by atoms with Crippen LogP contribution in [-0.4, -0.2) is 48.5 Å². The highest BCUT2D eigenvalue weighted by Gasteiger charge is 2.32. The number of nitrogens with zero attached hydrogens (tertiary/aromatic N) is 6. The summed E-state index contributed by atoms with van der Waals surface area (Å²) in [6.45, 7) is 4.84. The van der Waals surface area contributed by atoms with Gasteiger partial charge in [0, 0.05) is 52.3 Å². The number of ether oxygens (including phenoxy) is 1. The number of carbonyl (C=O) groups is 1. The molecule has 0 fully saturated rings. The minimum Gasteiger partial charge on any atom is -0.493 e. The van der Waals surface area contributed by atoms with Crippen molar-refractivity contribution in [3.05, 3.63) is 84.0 Å². The Morgan fingerprint density at radius 2 is 2.00 bits per heavy atom. The molecular formula is C34H28F2N6O2S. The molecule has 2 aliphatic rings. The number of pyridine rings is 1. The second-order valence-corrected chi connectivity index (χ2v) is 12.5. The number of aromatic nitrogens is 5. The van der Waals surface area contributed by atoms with E-state index in [4.69, 9.17) is 14.8 Å². The van der Waals surface area contributed by atoms with Crippen LogP contribution in [0.1, 0.15) is 31.0 Å². The van der Waals surface area contributed by atoms with Crippen LogP contribution in [0.15, 0.2) is 66.7 Å². The highest BCUT2D eigenvalue weighted by molar-refractivity contribution is 7.18.